The molecule has 1 unspecified atom stereocenters. The summed E-state index contributed by atoms with van der Waals surface area (Å²) in [6, 6.07) is 7.94. The Balaban J connectivity index is 2.42. The van der Waals surface area contributed by atoms with E-state index in [1.807, 2.05) is 24.3 Å². The average molecular weight is 300 g/mol. The molecule has 0 spiro atoms. The Morgan fingerprint density at radius 1 is 1.41 bits per heavy atom. The van der Waals surface area contributed by atoms with Crippen molar-refractivity contribution >= 4 is 15.9 Å². The summed E-state index contributed by atoms with van der Waals surface area (Å²) >= 11 is 3.44. The summed E-state index contributed by atoms with van der Waals surface area (Å²) in [5.74, 6) is 0.906. The molecule has 0 aliphatic carbocycles. The highest BCUT2D eigenvalue weighted by molar-refractivity contribution is 9.10. The Bertz CT molecular complexity index is 352. The quantitative estimate of drug-likeness (QED) is 0.857. The predicted molar refractivity (Wildman–Crippen MR) is 76.6 cm³/mol. The summed E-state index contributed by atoms with van der Waals surface area (Å²) in [7, 11) is 0. The minimum absolute atomic E-state index is 0.162. The molecule has 0 fully saturated rings. The lowest BCUT2D eigenvalue weighted by Gasteiger charge is -2.27. The normalized spacial score (nSPS) is 13.5. The third-order valence-corrected chi connectivity index (χ3v) is 3.38. The van der Waals surface area contributed by atoms with Crippen molar-refractivity contribution in [3.63, 3.8) is 0 Å². The Kier molecular flexibility index (Phi) is 5.47. The minimum atomic E-state index is 0.162. The Labute approximate surface area is 113 Å². The highest BCUT2D eigenvalue weighted by Crippen LogP contribution is 2.19. The maximum atomic E-state index is 5.84. The topological polar surface area (TPSA) is 21.3 Å². The van der Waals surface area contributed by atoms with Crippen LogP contribution in [-0.4, -0.2) is 18.2 Å². The first kappa shape index (κ1) is 14.5. The second-order valence-electron chi connectivity index (χ2n) is 5.00. The maximum absolute atomic E-state index is 5.84. The summed E-state index contributed by atoms with van der Waals surface area (Å²) in [4.78, 5) is 0. The molecule has 0 aromatic heterocycles. The minimum Gasteiger partial charge on any atom is -0.489 e. The summed E-state index contributed by atoms with van der Waals surface area (Å²) in [6.07, 6.45) is 1.27. The number of hydrogen-bond acceptors (Lipinski definition) is 2. The molecule has 0 saturated carbocycles. The van der Waals surface area contributed by atoms with Gasteiger partial charge in [0.1, 0.15) is 11.9 Å². The molecule has 2 nitrogen and oxygen atoms in total. The molecule has 1 rings (SSSR count). The molecule has 0 saturated heterocycles. The van der Waals surface area contributed by atoms with E-state index >= 15 is 0 Å². The first-order valence-electron chi connectivity index (χ1n) is 6.10. The van der Waals surface area contributed by atoms with E-state index in [0.29, 0.717) is 0 Å². The van der Waals surface area contributed by atoms with Crippen LogP contribution < -0.4 is 10.1 Å². The highest BCUT2D eigenvalue weighted by Gasteiger charge is 2.15. The van der Waals surface area contributed by atoms with Crippen LogP contribution in [0.2, 0.25) is 0 Å². The van der Waals surface area contributed by atoms with E-state index in [1.54, 1.807) is 0 Å². The van der Waals surface area contributed by atoms with E-state index in [4.69, 9.17) is 4.74 Å². The van der Waals surface area contributed by atoms with Gasteiger partial charge in [0.2, 0.25) is 0 Å². The van der Waals surface area contributed by atoms with Gasteiger partial charge in [0.25, 0.3) is 0 Å². The third kappa shape index (κ3) is 5.55. The standard InChI is InChI=1S/C14H22BrNO/c1-5-14(3,4)16-10-11(2)17-13-8-6-7-12(15)9-13/h6-9,11,16H,5,10H2,1-4H3. The molecule has 96 valence electrons. The van der Waals surface area contributed by atoms with Crippen LogP contribution >= 0.6 is 15.9 Å². The maximum Gasteiger partial charge on any atom is 0.120 e. The number of halogens is 1. The van der Waals surface area contributed by atoms with Gasteiger partial charge >= 0.3 is 0 Å². The van der Waals surface area contributed by atoms with Crippen molar-refractivity contribution in [2.75, 3.05) is 6.54 Å². The van der Waals surface area contributed by atoms with E-state index < -0.39 is 0 Å². The van der Waals surface area contributed by atoms with Crippen LogP contribution in [-0.2, 0) is 0 Å². The van der Waals surface area contributed by atoms with Crippen molar-refractivity contribution in [3.05, 3.63) is 28.7 Å². The molecule has 3 heteroatoms. The lowest BCUT2D eigenvalue weighted by molar-refractivity contribution is 0.199. The van der Waals surface area contributed by atoms with E-state index in [-0.39, 0.29) is 11.6 Å². The number of rotatable bonds is 6. The molecule has 1 N–H and O–H groups in total. The van der Waals surface area contributed by atoms with Crippen LogP contribution in [0, 0.1) is 0 Å². The molecule has 0 heterocycles. The second-order valence-corrected chi connectivity index (χ2v) is 5.92. The smallest absolute Gasteiger partial charge is 0.120 e. The van der Waals surface area contributed by atoms with E-state index in [2.05, 4.69) is 48.9 Å². The van der Waals surface area contributed by atoms with Crippen molar-refractivity contribution in [1.29, 1.82) is 0 Å². The summed E-state index contributed by atoms with van der Waals surface area (Å²) in [6.45, 7) is 9.54. The Morgan fingerprint density at radius 3 is 2.71 bits per heavy atom. The molecular formula is C14H22BrNO. The summed E-state index contributed by atoms with van der Waals surface area (Å²) in [5, 5.41) is 3.51. The van der Waals surface area contributed by atoms with Gasteiger partial charge in [0.05, 0.1) is 0 Å². The number of hydrogen-bond donors (Lipinski definition) is 1. The Morgan fingerprint density at radius 2 is 2.12 bits per heavy atom. The molecule has 0 radical (unpaired) electrons. The number of nitrogens with one attached hydrogen (secondary N) is 1. The zero-order valence-corrected chi connectivity index (χ0v) is 12.7. The first-order chi connectivity index (χ1) is 7.93. The van der Waals surface area contributed by atoms with Gasteiger partial charge in [0.15, 0.2) is 0 Å². The van der Waals surface area contributed by atoms with Crippen LogP contribution in [0.1, 0.15) is 34.1 Å². The van der Waals surface area contributed by atoms with Gasteiger partial charge in [-0.05, 0) is 45.4 Å². The van der Waals surface area contributed by atoms with E-state index in [1.165, 1.54) is 0 Å². The molecule has 0 amide bonds. The van der Waals surface area contributed by atoms with Gasteiger partial charge in [0, 0.05) is 16.6 Å². The van der Waals surface area contributed by atoms with Gasteiger partial charge < -0.3 is 10.1 Å². The van der Waals surface area contributed by atoms with Crippen molar-refractivity contribution in [3.8, 4) is 5.75 Å². The zero-order chi connectivity index (χ0) is 12.9. The lowest BCUT2D eigenvalue weighted by atomic mass is 10.0. The third-order valence-electron chi connectivity index (χ3n) is 2.89. The summed E-state index contributed by atoms with van der Waals surface area (Å²) in [5.41, 5.74) is 0.175. The number of benzene rings is 1. The van der Waals surface area contributed by atoms with Crippen molar-refractivity contribution < 1.29 is 4.74 Å². The van der Waals surface area contributed by atoms with Crippen LogP contribution in [0.15, 0.2) is 28.7 Å². The van der Waals surface area contributed by atoms with Gasteiger partial charge in [-0.15, -0.1) is 0 Å². The van der Waals surface area contributed by atoms with E-state index in [9.17, 15) is 0 Å². The fourth-order valence-electron chi connectivity index (χ4n) is 1.36. The fraction of sp³-hybridized carbons (Fsp3) is 0.571. The summed E-state index contributed by atoms with van der Waals surface area (Å²) < 4.78 is 6.89. The van der Waals surface area contributed by atoms with Gasteiger partial charge in [-0.2, -0.15) is 0 Å². The van der Waals surface area contributed by atoms with Crippen LogP contribution in [0.3, 0.4) is 0 Å². The SMILES string of the molecule is CCC(C)(C)NCC(C)Oc1cccc(Br)c1. The fourth-order valence-corrected chi connectivity index (χ4v) is 1.74. The highest BCUT2D eigenvalue weighted by atomic mass is 79.9. The zero-order valence-electron chi connectivity index (χ0n) is 11.1. The largest absolute Gasteiger partial charge is 0.489 e. The van der Waals surface area contributed by atoms with Crippen LogP contribution in [0.25, 0.3) is 0 Å². The van der Waals surface area contributed by atoms with Crippen molar-refractivity contribution in [2.24, 2.45) is 0 Å². The first-order valence-corrected chi connectivity index (χ1v) is 6.89. The van der Waals surface area contributed by atoms with Gasteiger partial charge in [-0.1, -0.05) is 28.9 Å². The number of ether oxygens (including phenoxy) is 1. The van der Waals surface area contributed by atoms with Gasteiger partial charge in [-0.3, -0.25) is 0 Å². The van der Waals surface area contributed by atoms with Crippen molar-refractivity contribution in [2.45, 2.75) is 45.8 Å². The average Bonchev–Trinajstić information content (AvgIpc) is 2.27. The molecule has 1 atom stereocenters. The van der Waals surface area contributed by atoms with Gasteiger partial charge in [-0.25, -0.2) is 0 Å². The van der Waals surface area contributed by atoms with Crippen molar-refractivity contribution in [1.82, 2.24) is 5.32 Å². The molecule has 0 bridgehead atoms. The second kappa shape index (κ2) is 6.41. The lowest BCUT2D eigenvalue weighted by Crippen LogP contribution is -2.43. The molecule has 1 aromatic carbocycles. The van der Waals surface area contributed by atoms with Crippen LogP contribution in [0.5, 0.6) is 5.75 Å². The molecule has 0 aliphatic heterocycles. The van der Waals surface area contributed by atoms with E-state index in [0.717, 1.165) is 23.2 Å². The molecular weight excluding hydrogens is 278 g/mol. The Hall–Kier alpha value is -0.540. The molecule has 17 heavy (non-hydrogen) atoms. The predicted octanol–water partition coefficient (Wildman–Crippen LogP) is 3.99. The molecule has 1 aromatic rings. The molecule has 0 aliphatic rings. The van der Waals surface area contributed by atoms with Crippen LogP contribution in [0.4, 0.5) is 0 Å². The monoisotopic (exact) mass is 299 g/mol.